The van der Waals surface area contributed by atoms with E-state index in [1.54, 1.807) is 18.3 Å². The number of amides is 2. The minimum absolute atomic E-state index is 0.0456. The standard InChI is InChI=1S/C25H43N3O4S/c1-16-9-10-20(13-23(16)26(4)33(5,31)32)21-11-12-22-24(14-21)27(25(30)19-7-6-8-19)15-17(2)28(22)18(3)29/h16-17,19-24H,6-15H2,1-5H3. The molecule has 7 nitrogen and oxygen atoms in total. The Bertz CT molecular complexity index is 858. The van der Waals surface area contributed by atoms with Crippen molar-refractivity contribution in [3.8, 4) is 0 Å². The zero-order chi connectivity index (χ0) is 24.1. The normalized spacial score (nSPS) is 38.1. The van der Waals surface area contributed by atoms with E-state index in [4.69, 9.17) is 0 Å². The Morgan fingerprint density at radius 2 is 1.55 bits per heavy atom. The van der Waals surface area contributed by atoms with Gasteiger partial charge in [-0.1, -0.05) is 13.3 Å². The largest absolute Gasteiger partial charge is 0.335 e. The number of piperazine rings is 1. The quantitative estimate of drug-likeness (QED) is 0.618. The minimum Gasteiger partial charge on any atom is -0.335 e. The lowest BCUT2D eigenvalue weighted by Gasteiger charge is -2.56. The molecule has 0 radical (unpaired) electrons. The molecule has 1 aliphatic heterocycles. The second-order valence-corrected chi connectivity index (χ2v) is 13.5. The molecule has 0 aromatic rings. The van der Waals surface area contributed by atoms with Crippen molar-refractivity contribution in [2.24, 2.45) is 23.7 Å². The highest BCUT2D eigenvalue weighted by atomic mass is 32.2. The monoisotopic (exact) mass is 481 g/mol. The number of rotatable bonds is 4. The maximum absolute atomic E-state index is 13.4. The van der Waals surface area contributed by atoms with Crippen LogP contribution in [-0.2, 0) is 19.6 Å². The van der Waals surface area contributed by atoms with E-state index >= 15 is 0 Å². The fraction of sp³-hybridized carbons (Fsp3) is 0.920. The minimum atomic E-state index is -3.22. The van der Waals surface area contributed by atoms with Gasteiger partial charge < -0.3 is 9.80 Å². The molecule has 4 fully saturated rings. The van der Waals surface area contributed by atoms with Crippen LogP contribution in [0.1, 0.15) is 78.6 Å². The van der Waals surface area contributed by atoms with Crippen molar-refractivity contribution in [1.82, 2.24) is 14.1 Å². The molecule has 3 saturated carbocycles. The van der Waals surface area contributed by atoms with Gasteiger partial charge in [0.25, 0.3) is 0 Å². The number of carbonyl (C=O) groups excluding carboxylic acids is 2. The average molecular weight is 482 g/mol. The lowest BCUT2D eigenvalue weighted by atomic mass is 9.66. The van der Waals surface area contributed by atoms with Crippen molar-refractivity contribution < 1.29 is 18.0 Å². The van der Waals surface area contributed by atoms with E-state index in [0.29, 0.717) is 30.2 Å². The van der Waals surface area contributed by atoms with Gasteiger partial charge in [-0.2, -0.15) is 0 Å². The van der Waals surface area contributed by atoms with Crippen molar-refractivity contribution in [3.05, 3.63) is 0 Å². The first-order chi connectivity index (χ1) is 15.5. The molecular weight excluding hydrogens is 438 g/mol. The highest BCUT2D eigenvalue weighted by Crippen LogP contribution is 2.45. The molecule has 188 valence electrons. The van der Waals surface area contributed by atoms with Crippen LogP contribution in [-0.4, -0.2) is 78.4 Å². The van der Waals surface area contributed by atoms with Gasteiger partial charge in [0.2, 0.25) is 21.8 Å². The molecule has 8 heteroatoms. The van der Waals surface area contributed by atoms with Gasteiger partial charge >= 0.3 is 0 Å². The second-order valence-electron chi connectivity index (χ2n) is 11.5. The SMILES string of the molecule is CC(=O)N1C(C)CN(C(=O)C2CCC2)C2CC(C3CCC(C)C(N(C)S(C)(=O)=O)C3)CCC21. The van der Waals surface area contributed by atoms with Gasteiger partial charge in [-0.05, 0) is 76.0 Å². The molecule has 0 spiro atoms. The van der Waals surface area contributed by atoms with Crippen LogP contribution in [0.25, 0.3) is 0 Å². The van der Waals surface area contributed by atoms with E-state index in [1.165, 1.54) is 6.26 Å². The number of hydrogen-bond donors (Lipinski definition) is 0. The second kappa shape index (κ2) is 9.48. The number of carbonyl (C=O) groups is 2. The van der Waals surface area contributed by atoms with Gasteiger partial charge in [0, 0.05) is 38.5 Å². The molecule has 2 amide bonds. The zero-order valence-electron chi connectivity index (χ0n) is 21.1. The molecule has 7 unspecified atom stereocenters. The van der Waals surface area contributed by atoms with Crippen molar-refractivity contribution in [1.29, 1.82) is 0 Å². The van der Waals surface area contributed by atoms with Crippen LogP contribution >= 0.6 is 0 Å². The third kappa shape index (κ3) is 4.84. The van der Waals surface area contributed by atoms with Crippen LogP contribution in [0.2, 0.25) is 0 Å². The highest BCUT2D eigenvalue weighted by Gasteiger charge is 2.49. The number of fused-ring (bicyclic) bond motifs is 1. The number of nitrogens with zero attached hydrogens (tertiary/aromatic N) is 3. The topological polar surface area (TPSA) is 78.0 Å². The Kier molecular flexibility index (Phi) is 7.17. The molecule has 0 aromatic carbocycles. The van der Waals surface area contributed by atoms with Crippen LogP contribution in [0.4, 0.5) is 0 Å². The molecule has 0 N–H and O–H groups in total. The maximum atomic E-state index is 13.4. The van der Waals surface area contributed by atoms with Gasteiger partial charge in [0.1, 0.15) is 0 Å². The first-order valence-electron chi connectivity index (χ1n) is 13.0. The van der Waals surface area contributed by atoms with Crippen molar-refractivity contribution >= 4 is 21.8 Å². The van der Waals surface area contributed by atoms with Crippen LogP contribution < -0.4 is 0 Å². The predicted molar refractivity (Wildman–Crippen MR) is 129 cm³/mol. The first-order valence-corrected chi connectivity index (χ1v) is 14.9. The summed E-state index contributed by atoms with van der Waals surface area (Å²) in [4.78, 5) is 30.1. The Labute approximate surface area is 200 Å². The van der Waals surface area contributed by atoms with E-state index in [0.717, 1.165) is 57.8 Å². The third-order valence-corrected chi connectivity index (χ3v) is 10.8. The summed E-state index contributed by atoms with van der Waals surface area (Å²) in [7, 11) is -1.50. The summed E-state index contributed by atoms with van der Waals surface area (Å²) >= 11 is 0. The molecule has 33 heavy (non-hydrogen) atoms. The summed E-state index contributed by atoms with van der Waals surface area (Å²) in [5.74, 6) is 1.91. The first kappa shape index (κ1) is 25.0. The number of hydrogen-bond acceptors (Lipinski definition) is 4. The van der Waals surface area contributed by atoms with Crippen molar-refractivity contribution in [2.75, 3.05) is 19.8 Å². The molecule has 4 rings (SSSR count). The van der Waals surface area contributed by atoms with Crippen LogP contribution in [0.15, 0.2) is 0 Å². The Morgan fingerprint density at radius 1 is 0.909 bits per heavy atom. The van der Waals surface area contributed by atoms with Crippen molar-refractivity contribution in [3.63, 3.8) is 0 Å². The summed E-state index contributed by atoms with van der Waals surface area (Å²) in [5, 5.41) is 0. The summed E-state index contributed by atoms with van der Waals surface area (Å²) < 4.78 is 26.1. The Morgan fingerprint density at radius 3 is 2.12 bits per heavy atom. The molecule has 3 aliphatic carbocycles. The predicted octanol–water partition coefficient (Wildman–Crippen LogP) is 3.10. The molecular formula is C25H43N3O4S. The fourth-order valence-corrected chi connectivity index (χ4v) is 8.07. The van der Waals surface area contributed by atoms with Crippen LogP contribution in [0.3, 0.4) is 0 Å². The van der Waals surface area contributed by atoms with Crippen LogP contribution in [0, 0.1) is 23.7 Å². The molecule has 4 aliphatic rings. The van der Waals surface area contributed by atoms with Gasteiger partial charge in [-0.3, -0.25) is 9.59 Å². The third-order valence-electron chi connectivity index (χ3n) is 9.47. The van der Waals surface area contributed by atoms with E-state index in [9.17, 15) is 18.0 Å². The van der Waals surface area contributed by atoms with Gasteiger partial charge in [0.05, 0.1) is 18.3 Å². The van der Waals surface area contributed by atoms with Gasteiger partial charge in [-0.25, -0.2) is 12.7 Å². The van der Waals surface area contributed by atoms with E-state index in [1.807, 2.05) is 0 Å². The summed E-state index contributed by atoms with van der Waals surface area (Å²) in [6.45, 7) is 6.56. The average Bonchev–Trinajstić information content (AvgIpc) is 2.70. The fourth-order valence-electron chi connectivity index (χ4n) is 7.28. The smallest absolute Gasteiger partial charge is 0.226 e. The number of sulfonamides is 1. The highest BCUT2D eigenvalue weighted by molar-refractivity contribution is 7.88. The molecule has 1 heterocycles. The van der Waals surface area contributed by atoms with Crippen molar-refractivity contribution in [2.45, 2.75) is 103 Å². The summed E-state index contributed by atoms with van der Waals surface area (Å²) in [5.41, 5.74) is 0. The van der Waals surface area contributed by atoms with Gasteiger partial charge in [-0.15, -0.1) is 0 Å². The molecule has 7 atom stereocenters. The lowest BCUT2D eigenvalue weighted by molar-refractivity contribution is -0.159. The maximum Gasteiger partial charge on any atom is 0.226 e. The molecule has 1 saturated heterocycles. The van der Waals surface area contributed by atoms with E-state index in [2.05, 4.69) is 23.6 Å². The molecule has 0 aromatic heterocycles. The summed E-state index contributed by atoms with van der Waals surface area (Å²) in [6, 6.07) is 0.322. The zero-order valence-corrected chi connectivity index (χ0v) is 21.9. The summed E-state index contributed by atoms with van der Waals surface area (Å²) in [6.07, 6.45) is 10.4. The van der Waals surface area contributed by atoms with E-state index < -0.39 is 10.0 Å². The lowest BCUT2D eigenvalue weighted by Crippen LogP contribution is -2.68. The Hall–Kier alpha value is -1.15. The van der Waals surface area contributed by atoms with Crippen LogP contribution in [0.5, 0.6) is 0 Å². The van der Waals surface area contributed by atoms with E-state index in [-0.39, 0.29) is 36.0 Å². The molecule has 0 bridgehead atoms. The Balaban J connectivity index is 1.53. The van der Waals surface area contributed by atoms with Gasteiger partial charge in [0.15, 0.2) is 0 Å².